The van der Waals surface area contributed by atoms with Crippen LogP contribution in [0.3, 0.4) is 0 Å². The van der Waals surface area contributed by atoms with Gasteiger partial charge in [-0.1, -0.05) is 27.0 Å². The van der Waals surface area contributed by atoms with Crippen LogP contribution in [-0.4, -0.2) is 149 Å². The Balaban J connectivity index is 1.03. The van der Waals surface area contributed by atoms with Crippen LogP contribution in [-0.2, 0) is 47.5 Å². The Hall–Kier alpha value is -1.82. The van der Waals surface area contributed by atoms with Gasteiger partial charge in [0, 0.05) is 38.2 Å². The van der Waals surface area contributed by atoms with Crippen molar-refractivity contribution in [3.05, 3.63) is 24.3 Å². The van der Waals surface area contributed by atoms with Crippen LogP contribution in [0.4, 0.5) is 0 Å². The molecule has 8 rings (SSSR count). The van der Waals surface area contributed by atoms with Crippen molar-refractivity contribution in [2.24, 2.45) is 11.8 Å². The number of hydrogen-bond donors (Lipinski definition) is 4. The van der Waals surface area contributed by atoms with Crippen LogP contribution in [0.15, 0.2) is 24.3 Å². The molecule has 8 saturated heterocycles. The lowest BCUT2D eigenvalue weighted by atomic mass is 9.79. The Kier molecular flexibility index (Phi) is 12.5. The van der Waals surface area contributed by atoms with Gasteiger partial charge in [-0.25, -0.2) is 0 Å². The molecule has 8 aliphatic heterocycles. The van der Waals surface area contributed by atoms with Crippen LogP contribution in [0.25, 0.3) is 0 Å². The van der Waals surface area contributed by atoms with Gasteiger partial charge >= 0.3 is 5.97 Å². The minimum atomic E-state index is -1.13. The number of carbonyl (C=O) groups is 2. The minimum absolute atomic E-state index is 0.00469. The molecule has 8 bridgehead atoms. The molecular weight excluding hydrogens is 728 g/mol. The van der Waals surface area contributed by atoms with E-state index in [4.69, 9.17) is 37.9 Å². The summed E-state index contributed by atoms with van der Waals surface area (Å²) in [5, 5.41) is 43.2. The minimum Gasteiger partial charge on any atom is -0.459 e. The molecule has 0 aliphatic carbocycles. The van der Waals surface area contributed by atoms with Gasteiger partial charge in [0.05, 0.1) is 79.7 Å². The zero-order valence-corrected chi connectivity index (χ0v) is 32.7. The van der Waals surface area contributed by atoms with Crippen molar-refractivity contribution in [1.29, 1.82) is 0 Å². The van der Waals surface area contributed by atoms with E-state index < -0.39 is 91.4 Å². The quantitative estimate of drug-likeness (QED) is 0.236. The van der Waals surface area contributed by atoms with Crippen LogP contribution in [0.2, 0.25) is 0 Å². The van der Waals surface area contributed by atoms with E-state index in [9.17, 15) is 30.0 Å². The predicted octanol–water partition coefficient (Wildman–Crippen LogP) is 2.38. The molecule has 0 aromatic rings. The smallest absolute Gasteiger partial charge is 0.308 e. The topological polar surface area (TPSA) is 189 Å². The van der Waals surface area contributed by atoms with E-state index in [1.807, 2.05) is 6.92 Å². The molecule has 0 aromatic heterocycles. The molecule has 314 valence electrons. The molecule has 4 unspecified atom stereocenters. The molecular formula is C42H62O14. The zero-order chi connectivity index (χ0) is 39.4. The van der Waals surface area contributed by atoms with Crippen molar-refractivity contribution in [3.63, 3.8) is 0 Å². The summed E-state index contributed by atoms with van der Waals surface area (Å²) in [6.07, 6.45) is -5.21. The van der Waals surface area contributed by atoms with Crippen molar-refractivity contribution >= 4 is 11.8 Å². The predicted molar refractivity (Wildman–Crippen MR) is 197 cm³/mol. The number of Topliss-reactive ketones (excluding diaryl/α,β-unsaturated/α-hetero) is 1. The van der Waals surface area contributed by atoms with Crippen molar-refractivity contribution in [3.8, 4) is 0 Å². The normalized spacial score (nSPS) is 50.5. The van der Waals surface area contributed by atoms with Crippen LogP contribution >= 0.6 is 0 Å². The third-order valence-electron chi connectivity index (χ3n) is 14.0. The number of hydrogen-bond acceptors (Lipinski definition) is 14. The average molecular weight is 791 g/mol. The first-order valence-corrected chi connectivity index (χ1v) is 21.2. The molecule has 8 fully saturated rings. The maximum atomic E-state index is 13.9. The fourth-order valence-corrected chi connectivity index (χ4v) is 10.8. The molecule has 0 spiro atoms. The number of esters is 1. The van der Waals surface area contributed by atoms with Crippen LogP contribution in [0.5, 0.6) is 0 Å². The first-order chi connectivity index (χ1) is 26.9. The fraction of sp³-hybridized carbons (Fsp3) is 0.857. The third-order valence-corrected chi connectivity index (χ3v) is 14.0. The summed E-state index contributed by atoms with van der Waals surface area (Å²) in [6.45, 7) is 12.7. The summed E-state index contributed by atoms with van der Waals surface area (Å²) in [7, 11) is 0. The number of ketones is 1. The highest BCUT2D eigenvalue weighted by molar-refractivity contribution is 5.79. The summed E-state index contributed by atoms with van der Waals surface area (Å²) in [5.74, 6) is -0.665. The highest BCUT2D eigenvalue weighted by Crippen LogP contribution is 2.44. The maximum absolute atomic E-state index is 13.9. The van der Waals surface area contributed by atoms with Gasteiger partial charge in [-0.2, -0.15) is 0 Å². The van der Waals surface area contributed by atoms with Crippen molar-refractivity contribution < 1.29 is 67.9 Å². The molecule has 14 heteroatoms. The molecule has 0 saturated carbocycles. The lowest BCUT2D eigenvalue weighted by Crippen LogP contribution is -2.62. The molecule has 8 aliphatic rings. The van der Waals surface area contributed by atoms with Crippen molar-refractivity contribution in [2.75, 3.05) is 6.61 Å². The number of rotatable bonds is 2. The second-order valence-electron chi connectivity index (χ2n) is 17.9. The van der Waals surface area contributed by atoms with Gasteiger partial charge in [0.2, 0.25) is 0 Å². The Morgan fingerprint density at radius 3 is 2.14 bits per heavy atom. The Bertz CT molecular complexity index is 1460. The van der Waals surface area contributed by atoms with E-state index in [0.29, 0.717) is 38.5 Å². The summed E-state index contributed by atoms with van der Waals surface area (Å²) in [5.41, 5.74) is 1.97. The molecule has 0 amide bonds. The largest absolute Gasteiger partial charge is 0.459 e. The molecule has 14 nitrogen and oxygen atoms in total. The first-order valence-electron chi connectivity index (χ1n) is 21.2. The first kappa shape index (κ1) is 40.9. The lowest BCUT2D eigenvalue weighted by Gasteiger charge is -2.51. The van der Waals surface area contributed by atoms with Crippen LogP contribution in [0.1, 0.15) is 97.3 Å². The molecule has 56 heavy (non-hydrogen) atoms. The van der Waals surface area contributed by atoms with Gasteiger partial charge in [0.15, 0.2) is 0 Å². The number of aliphatic hydroxyl groups is 4. The van der Waals surface area contributed by atoms with E-state index in [0.717, 1.165) is 30.4 Å². The van der Waals surface area contributed by atoms with Crippen LogP contribution in [0, 0.1) is 11.8 Å². The summed E-state index contributed by atoms with van der Waals surface area (Å²) in [6, 6.07) is 0. The Morgan fingerprint density at radius 1 is 0.625 bits per heavy atom. The standard InChI is InChI=1S/C42H62O14/c1-19-13-25-7-9-28-20(2)14-24(49-28)6-5-23(44)15-32-36(47)41-42(55-32)37(48)40-30(54-41)10-8-26(51-40)16-35(46)56-39-22(4)38-33(17-27(45)29(53-38)11-12-43)52-34(39)18-31(50-25)21(19)3/h19,22,24-34,36-43,45,47-48H,2-3,5-18H2,1,4H3/t19-,22+,24+,25+,26-,27-,28?,29?,30+,31?,32-,33+,34+,36+,37+,38+,39?,40+,41+,42+/m1/s1. The van der Waals surface area contributed by atoms with E-state index in [2.05, 4.69) is 20.1 Å². The molecule has 0 aromatic carbocycles. The Morgan fingerprint density at radius 2 is 1.34 bits per heavy atom. The summed E-state index contributed by atoms with van der Waals surface area (Å²) < 4.78 is 51.3. The number of fused-ring (bicyclic) bond motifs is 8. The number of carbonyl (C=O) groups excluding carboxylic acids is 2. The van der Waals surface area contributed by atoms with Gasteiger partial charge in [0.1, 0.15) is 42.4 Å². The zero-order valence-electron chi connectivity index (χ0n) is 32.7. The monoisotopic (exact) mass is 790 g/mol. The number of ether oxygens (including phenoxy) is 8. The second-order valence-corrected chi connectivity index (χ2v) is 17.9. The third kappa shape index (κ3) is 8.32. The fourth-order valence-electron chi connectivity index (χ4n) is 10.8. The van der Waals surface area contributed by atoms with Gasteiger partial charge < -0.3 is 58.3 Å². The van der Waals surface area contributed by atoms with Gasteiger partial charge in [-0.15, -0.1) is 0 Å². The van der Waals surface area contributed by atoms with Gasteiger partial charge in [-0.05, 0) is 68.4 Å². The lowest BCUT2D eigenvalue weighted by molar-refractivity contribution is -0.275. The highest BCUT2D eigenvalue weighted by Gasteiger charge is 2.57. The van der Waals surface area contributed by atoms with Crippen molar-refractivity contribution in [1.82, 2.24) is 0 Å². The molecule has 8 heterocycles. The highest BCUT2D eigenvalue weighted by atomic mass is 16.6. The van der Waals surface area contributed by atoms with Crippen LogP contribution < -0.4 is 0 Å². The van der Waals surface area contributed by atoms with E-state index in [1.165, 1.54) is 0 Å². The average Bonchev–Trinajstić information content (AvgIpc) is 3.68. The Labute approximate surface area is 329 Å². The van der Waals surface area contributed by atoms with Crippen molar-refractivity contribution in [2.45, 2.75) is 207 Å². The SMILES string of the molecule is C=C1C[C@@H]2CCC(=O)C[C@H]3O[C@H]4[C@@H](O)[C@H]5O[C@H](CC[C@@H]5O[C@H]4[C@H]3O)CC(=O)OC3[C@H](CC4O[C@@H](CCC1O2)C[C@@H](C)C4=C)O[C@H]1C[C@@H](O)C(CCO)O[C@H]1[C@@H]3C. The summed E-state index contributed by atoms with van der Waals surface area (Å²) >= 11 is 0. The summed E-state index contributed by atoms with van der Waals surface area (Å²) in [4.78, 5) is 27.0. The van der Waals surface area contributed by atoms with Gasteiger partial charge in [0.25, 0.3) is 0 Å². The van der Waals surface area contributed by atoms with E-state index in [-0.39, 0.29) is 74.3 Å². The molecule has 20 atom stereocenters. The van der Waals surface area contributed by atoms with E-state index in [1.54, 1.807) is 0 Å². The maximum Gasteiger partial charge on any atom is 0.308 e. The number of aliphatic hydroxyl groups excluding tert-OH is 4. The van der Waals surface area contributed by atoms with Gasteiger partial charge in [-0.3, -0.25) is 9.59 Å². The molecule has 4 N–H and O–H groups in total. The van der Waals surface area contributed by atoms with E-state index >= 15 is 0 Å². The second kappa shape index (κ2) is 17.0. The molecule has 0 radical (unpaired) electrons.